The van der Waals surface area contributed by atoms with Crippen LogP contribution >= 0.6 is 0 Å². The summed E-state index contributed by atoms with van der Waals surface area (Å²) in [6, 6.07) is 6.35. The first-order valence-corrected chi connectivity index (χ1v) is 9.23. The summed E-state index contributed by atoms with van der Waals surface area (Å²) in [5.41, 5.74) is 1.95. The minimum Gasteiger partial charge on any atom is -0.389 e. The standard InChI is InChI=1S/C19H20F3N5O2/c1-11(19(20,21)22)12-2-4-14(23-8-12)16-5-3-13-9-24-18(26-27(13)16)25-15-6-7-29-10-17(15)28/h2-5,8-9,11,15,17,28H,6-7,10H2,1H3,(H,25,26)/t11?,15-,17-/m1/s1. The molecule has 10 heteroatoms. The van der Waals surface area contributed by atoms with Gasteiger partial charge in [-0.15, -0.1) is 5.10 Å². The van der Waals surface area contributed by atoms with Gasteiger partial charge in [0, 0.05) is 12.8 Å². The number of ether oxygens (including phenoxy) is 1. The predicted octanol–water partition coefficient (Wildman–Crippen LogP) is 3.02. The minimum absolute atomic E-state index is 0.104. The lowest BCUT2D eigenvalue weighted by Crippen LogP contribution is -2.42. The van der Waals surface area contributed by atoms with Gasteiger partial charge in [-0.25, -0.2) is 9.50 Å². The predicted molar refractivity (Wildman–Crippen MR) is 99.5 cm³/mol. The van der Waals surface area contributed by atoms with Gasteiger partial charge in [0.2, 0.25) is 5.95 Å². The maximum atomic E-state index is 12.9. The molecule has 1 fully saturated rings. The molecule has 1 saturated heterocycles. The van der Waals surface area contributed by atoms with E-state index < -0.39 is 18.2 Å². The average Bonchev–Trinajstić information content (AvgIpc) is 3.12. The Kier molecular flexibility index (Phi) is 5.13. The van der Waals surface area contributed by atoms with Crippen LogP contribution in [-0.2, 0) is 4.74 Å². The molecule has 29 heavy (non-hydrogen) atoms. The summed E-state index contributed by atoms with van der Waals surface area (Å²) in [5, 5.41) is 17.6. The normalized spacial score (nSPS) is 21.3. The maximum absolute atomic E-state index is 12.9. The Labute approximate surface area is 164 Å². The van der Waals surface area contributed by atoms with Crippen molar-refractivity contribution in [2.45, 2.75) is 37.6 Å². The zero-order chi connectivity index (χ0) is 20.6. The van der Waals surface area contributed by atoms with Gasteiger partial charge in [-0.1, -0.05) is 6.07 Å². The molecule has 154 valence electrons. The van der Waals surface area contributed by atoms with Crippen LogP contribution in [0, 0.1) is 0 Å². The van der Waals surface area contributed by atoms with Gasteiger partial charge >= 0.3 is 6.18 Å². The number of alkyl halides is 3. The molecular formula is C19H20F3N5O2. The first-order chi connectivity index (χ1) is 13.8. The van der Waals surface area contributed by atoms with Gasteiger partial charge in [0.25, 0.3) is 0 Å². The van der Waals surface area contributed by atoms with Crippen LogP contribution < -0.4 is 5.32 Å². The highest BCUT2D eigenvalue weighted by atomic mass is 19.4. The smallest absolute Gasteiger partial charge is 0.389 e. The SMILES string of the molecule is CC(c1ccc(-c2ccc3cnc(N[C@@H]4CCOC[C@H]4O)nn23)nc1)C(F)(F)F. The van der Waals surface area contributed by atoms with E-state index in [1.54, 1.807) is 28.9 Å². The summed E-state index contributed by atoms with van der Waals surface area (Å²) in [6.07, 6.45) is -1.47. The Hall–Kier alpha value is -2.72. The Bertz CT molecular complexity index is 990. The number of aliphatic hydroxyl groups excluding tert-OH is 1. The number of pyridine rings is 1. The number of aromatic nitrogens is 4. The van der Waals surface area contributed by atoms with E-state index >= 15 is 0 Å². The molecule has 3 aromatic heterocycles. The van der Waals surface area contributed by atoms with Crippen molar-refractivity contribution < 1.29 is 23.0 Å². The number of hydrogen-bond donors (Lipinski definition) is 2. The fraction of sp³-hybridized carbons (Fsp3) is 0.421. The van der Waals surface area contributed by atoms with E-state index in [4.69, 9.17) is 4.74 Å². The Morgan fingerprint density at radius 2 is 2.03 bits per heavy atom. The van der Waals surface area contributed by atoms with Gasteiger partial charge in [0.15, 0.2) is 0 Å². The second-order valence-electron chi connectivity index (χ2n) is 7.06. The van der Waals surface area contributed by atoms with Gasteiger partial charge in [0.05, 0.1) is 47.8 Å². The highest BCUT2D eigenvalue weighted by molar-refractivity contribution is 5.63. The van der Waals surface area contributed by atoms with Gasteiger partial charge in [-0.3, -0.25) is 4.98 Å². The number of fused-ring (bicyclic) bond motifs is 1. The Morgan fingerprint density at radius 1 is 1.21 bits per heavy atom. The van der Waals surface area contributed by atoms with Crippen molar-refractivity contribution in [1.82, 2.24) is 19.6 Å². The van der Waals surface area contributed by atoms with Crippen LogP contribution in [0.2, 0.25) is 0 Å². The molecule has 4 rings (SSSR count). The molecule has 3 atom stereocenters. The van der Waals surface area contributed by atoms with Crippen LogP contribution in [0.5, 0.6) is 0 Å². The van der Waals surface area contributed by atoms with Gasteiger partial charge in [0.1, 0.15) is 0 Å². The summed E-state index contributed by atoms with van der Waals surface area (Å²) in [6.45, 7) is 1.90. The van der Waals surface area contributed by atoms with Crippen molar-refractivity contribution in [2.75, 3.05) is 18.5 Å². The summed E-state index contributed by atoms with van der Waals surface area (Å²) in [7, 11) is 0. The summed E-state index contributed by atoms with van der Waals surface area (Å²) in [4.78, 5) is 8.47. The lowest BCUT2D eigenvalue weighted by molar-refractivity contribution is -0.146. The lowest BCUT2D eigenvalue weighted by Gasteiger charge is -2.28. The molecule has 1 aliphatic heterocycles. The largest absolute Gasteiger partial charge is 0.395 e. The molecule has 0 bridgehead atoms. The third-order valence-electron chi connectivity index (χ3n) is 5.08. The van der Waals surface area contributed by atoms with Crippen LogP contribution in [0.25, 0.3) is 16.9 Å². The minimum atomic E-state index is -4.31. The fourth-order valence-electron chi connectivity index (χ4n) is 3.22. The Balaban J connectivity index is 1.61. The van der Waals surface area contributed by atoms with Crippen LogP contribution in [0.4, 0.5) is 19.1 Å². The lowest BCUT2D eigenvalue weighted by atomic mass is 10.0. The van der Waals surface area contributed by atoms with E-state index in [-0.39, 0.29) is 18.2 Å². The van der Waals surface area contributed by atoms with Crippen molar-refractivity contribution in [3.8, 4) is 11.4 Å². The average molecular weight is 407 g/mol. The number of aliphatic hydroxyl groups is 1. The van der Waals surface area contributed by atoms with E-state index in [2.05, 4.69) is 20.4 Å². The number of nitrogens with one attached hydrogen (secondary N) is 1. The molecule has 0 aromatic carbocycles. The first kappa shape index (κ1) is 19.6. The summed E-state index contributed by atoms with van der Waals surface area (Å²) < 4.78 is 45.5. The number of rotatable bonds is 4. The number of hydrogen-bond acceptors (Lipinski definition) is 6. The summed E-state index contributed by atoms with van der Waals surface area (Å²) >= 11 is 0. The number of halogens is 3. The zero-order valence-corrected chi connectivity index (χ0v) is 15.6. The van der Waals surface area contributed by atoms with Gasteiger partial charge in [-0.05, 0) is 37.1 Å². The topological polar surface area (TPSA) is 84.6 Å². The Morgan fingerprint density at radius 3 is 2.72 bits per heavy atom. The number of anilines is 1. The molecule has 0 amide bonds. The number of nitrogens with zero attached hydrogens (tertiary/aromatic N) is 4. The molecule has 0 aliphatic carbocycles. The van der Waals surface area contributed by atoms with Crippen molar-refractivity contribution in [1.29, 1.82) is 0 Å². The molecule has 7 nitrogen and oxygen atoms in total. The molecule has 1 unspecified atom stereocenters. The van der Waals surface area contributed by atoms with E-state index in [1.165, 1.54) is 12.3 Å². The molecular weight excluding hydrogens is 387 g/mol. The fourth-order valence-corrected chi connectivity index (χ4v) is 3.22. The molecule has 4 heterocycles. The van der Waals surface area contributed by atoms with Crippen molar-refractivity contribution in [2.24, 2.45) is 0 Å². The van der Waals surface area contributed by atoms with Crippen molar-refractivity contribution in [3.63, 3.8) is 0 Å². The molecule has 1 aliphatic rings. The first-order valence-electron chi connectivity index (χ1n) is 9.23. The quantitative estimate of drug-likeness (QED) is 0.692. The molecule has 0 saturated carbocycles. The molecule has 2 N–H and O–H groups in total. The highest BCUT2D eigenvalue weighted by Crippen LogP contribution is 2.34. The van der Waals surface area contributed by atoms with Crippen LogP contribution in [-0.4, -0.2) is 56.2 Å². The van der Waals surface area contributed by atoms with Gasteiger partial charge in [-0.2, -0.15) is 13.2 Å². The molecule has 0 spiro atoms. The van der Waals surface area contributed by atoms with E-state index in [1.807, 2.05) is 0 Å². The summed E-state index contributed by atoms with van der Waals surface area (Å²) in [5.74, 6) is -1.25. The maximum Gasteiger partial charge on any atom is 0.395 e. The molecule has 0 radical (unpaired) electrons. The second-order valence-corrected chi connectivity index (χ2v) is 7.06. The van der Waals surface area contributed by atoms with Crippen molar-refractivity contribution >= 4 is 11.5 Å². The van der Waals surface area contributed by atoms with E-state index in [0.717, 1.165) is 6.92 Å². The third-order valence-corrected chi connectivity index (χ3v) is 5.08. The molecule has 3 aromatic rings. The highest BCUT2D eigenvalue weighted by Gasteiger charge is 2.37. The van der Waals surface area contributed by atoms with E-state index in [0.29, 0.717) is 35.9 Å². The third kappa shape index (κ3) is 4.03. The van der Waals surface area contributed by atoms with Crippen LogP contribution in [0.3, 0.4) is 0 Å². The van der Waals surface area contributed by atoms with Gasteiger partial charge < -0.3 is 15.2 Å². The van der Waals surface area contributed by atoms with Crippen molar-refractivity contribution in [3.05, 3.63) is 42.2 Å². The van der Waals surface area contributed by atoms with E-state index in [9.17, 15) is 18.3 Å². The monoisotopic (exact) mass is 407 g/mol. The second kappa shape index (κ2) is 7.60. The van der Waals surface area contributed by atoms with Crippen LogP contribution in [0.15, 0.2) is 36.7 Å². The zero-order valence-electron chi connectivity index (χ0n) is 15.6. The van der Waals surface area contributed by atoms with Crippen LogP contribution in [0.1, 0.15) is 24.8 Å².